The van der Waals surface area contributed by atoms with E-state index in [2.05, 4.69) is 0 Å². The number of likely N-dealkylation sites (tertiary alicyclic amines) is 1. The molecule has 0 bridgehead atoms. The van der Waals surface area contributed by atoms with E-state index in [0.717, 1.165) is 19.3 Å². The number of fused-ring (bicyclic) bond motifs is 1. The summed E-state index contributed by atoms with van der Waals surface area (Å²) in [7, 11) is 1.54. The number of aliphatic carboxylic acids is 1. The van der Waals surface area contributed by atoms with Gasteiger partial charge in [-0.3, -0.25) is 4.79 Å². The number of hydrogen-bond donors (Lipinski definition) is 1. The van der Waals surface area contributed by atoms with Crippen LogP contribution in [0.1, 0.15) is 25.7 Å². The molecule has 1 amide bonds. The SMILES string of the molecule is COCCC(=O)N1CC2CCCC2C1C(=O)O. The van der Waals surface area contributed by atoms with Gasteiger partial charge in [-0.25, -0.2) is 4.79 Å². The van der Waals surface area contributed by atoms with Crippen molar-refractivity contribution in [2.75, 3.05) is 20.3 Å². The predicted octanol–water partition coefficient (Wildman–Crippen LogP) is 0.735. The lowest BCUT2D eigenvalue weighted by Crippen LogP contribution is -2.43. The van der Waals surface area contributed by atoms with E-state index < -0.39 is 12.0 Å². The molecule has 0 spiro atoms. The Morgan fingerprint density at radius 1 is 1.41 bits per heavy atom. The predicted molar refractivity (Wildman–Crippen MR) is 60.5 cm³/mol. The molecule has 0 radical (unpaired) electrons. The van der Waals surface area contributed by atoms with Gasteiger partial charge in [0.15, 0.2) is 0 Å². The summed E-state index contributed by atoms with van der Waals surface area (Å²) in [5.41, 5.74) is 0. The van der Waals surface area contributed by atoms with Crippen molar-refractivity contribution in [2.45, 2.75) is 31.7 Å². The second-order valence-corrected chi connectivity index (χ2v) is 4.93. The maximum absolute atomic E-state index is 11.9. The summed E-state index contributed by atoms with van der Waals surface area (Å²) in [5.74, 6) is -0.389. The minimum atomic E-state index is -0.856. The Morgan fingerprint density at radius 2 is 2.18 bits per heavy atom. The molecular formula is C12H19NO4. The van der Waals surface area contributed by atoms with E-state index in [1.807, 2.05) is 0 Å². The smallest absolute Gasteiger partial charge is 0.326 e. The van der Waals surface area contributed by atoms with Crippen LogP contribution in [-0.2, 0) is 14.3 Å². The van der Waals surface area contributed by atoms with E-state index in [1.165, 1.54) is 0 Å². The molecule has 2 fully saturated rings. The van der Waals surface area contributed by atoms with Gasteiger partial charge in [0.1, 0.15) is 6.04 Å². The molecule has 1 N–H and O–H groups in total. The molecule has 3 unspecified atom stereocenters. The van der Waals surface area contributed by atoms with Gasteiger partial charge in [-0.1, -0.05) is 6.42 Å². The molecule has 5 nitrogen and oxygen atoms in total. The van der Waals surface area contributed by atoms with E-state index in [1.54, 1.807) is 12.0 Å². The molecule has 2 rings (SSSR count). The molecule has 17 heavy (non-hydrogen) atoms. The van der Waals surface area contributed by atoms with Crippen molar-refractivity contribution >= 4 is 11.9 Å². The molecule has 5 heteroatoms. The molecule has 96 valence electrons. The van der Waals surface area contributed by atoms with E-state index in [9.17, 15) is 14.7 Å². The zero-order chi connectivity index (χ0) is 12.4. The number of carbonyl (C=O) groups is 2. The van der Waals surface area contributed by atoms with Crippen LogP contribution in [0.2, 0.25) is 0 Å². The molecule has 0 aromatic carbocycles. The minimum Gasteiger partial charge on any atom is -0.480 e. The third kappa shape index (κ3) is 2.29. The number of rotatable bonds is 4. The van der Waals surface area contributed by atoms with Crippen molar-refractivity contribution < 1.29 is 19.4 Å². The molecule has 1 saturated carbocycles. The first-order valence-electron chi connectivity index (χ1n) is 6.16. The fourth-order valence-corrected chi connectivity index (χ4v) is 3.21. The molecule has 3 atom stereocenters. The van der Waals surface area contributed by atoms with Crippen molar-refractivity contribution in [1.82, 2.24) is 4.90 Å². The first-order chi connectivity index (χ1) is 8.15. The van der Waals surface area contributed by atoms with Gasteiger partial charge >= 0.3 is 5.97 Å². The zero-order valence-electron chi connectivity index (χ0n) is 10.1. The van der Waals surface area contributed by atoms with Gasteiger partial charge in [-0.15, -0.1) is 0 Å². The van der Waals surface area contributed by atoms with Crippen LogP contribution in [-0.4, -0.2) is 48.2 Å². The monoisotopic (exact) mass is 241 g/mol. The summed E-state index contributed by atoms with van der Waals surface area (Å²) in [4.78, 5) is 24.8. The Balaban J connectivity index is 2.06. The number of carbonyl (C=O) groups excluding carboxylic acids is 1. The average Bonchev–Trinajstić information content (AvgIpc) is 2.83. The Labute approximate surface area is 101 Å². The normalized spacial score (nSPS) is 31.6. The van der Waals surface area contributed by atoms with Crippen molar-refractivity contribution in [3.8, 4) is 0 Å². The highest BCUT2D eigenvalue weighted by atomic mass is 16.5. The number of carboxylic acid groups (broad SMARTS) is 1. The van der Waals surface area contributed by atoms with Crippen LogP contribution in [0, 0.1) is 11.8 Å². The molecule has 1 aliphatic carbocycles. The summed E-state index contributed by atoms with van der Waals surface area (Å²) in [6.45, 7) is 0.973. The summed E-state index contributed by atoms with van der Waals surface area (Å²) in [6.07, 6.45) is 3.37. The maximum atomic E-state index is 11.9. The Kier molecular flexibility index (Phi) is 3.66. The van der Waals surface area contributed by atoms with Crippen LogP contribution in [0.4, 0.5) is 0 Å². The topological polar surface area (TPSA) is 66.8 Å². The Morgan fingerprint density at radius 3 is 2.82 bits per heavy atom. The number of methoxy groups -OCH3 is 1. The third-order valence-electron chi connectivity index (χ3n) is 3.98. The highest BCUT2D eigenvalue weighted by molar-refractivity contribution is 5.84. The average molecular weight is 241 g/mol. The fourth-order valence-electron chi connectivity index (χ4n) is 3.21. The van der Waals surface area contributed by atoms with Gasteiger partial charge in [0.2, 0.25) is 5.91 Å². The van der Waals surface area contributed by atoms with Crippen molar-refractivity contribution in [1.29, 1.82) is 0 Å². The fraction of sp³-hybridized carbons (Fsp3) is 0.833. The van der Waals surface area contributed by atoms with Gasteiger partial charge in [0.05, 0.1) is 13.0 Å². The van der Waals surface area contributed by atoms with E-state index in [0.29, 0.717) is 19.1 Å². The molecule has 1 heterocycles. The van der Waals surface area contributed by atoms with Crippen molar-refractivity contribution in [3.63, 3.8) is 0 Å². The highest BCUT2D eigenvalue weighted by Crippen LogP contribution is 2.42. The Bertz CT molecular complexity index is 318. The van der Waals surface area contributed by atoms with E-state index in [4.69, 9.17) is 4.74 Å². The quantitative estimate of drug-likeness (QED) is 0.788. The van der Waals surface area contributed by atoms with E-state index in [-0.39, 0.29) is 18.2 Å². The van der Waals surface area contributed by atoms with Gasteiger partial charge in [-0.05, 0) is 24.7 Å². The van der Waals surface area contributed by atoms with Gasteiger partial charge in [0, 0.05) is 13.7 Å². The minimum absolute atomic E-state index is 0.0892. The number of hydrogen-bond acceptors (Lipinski definition) is 3. The molecule has 1 saturated heterocycles. The number of ether oxygens (including phenoxy) is 1. The largest absolute Gasteiger partial charge is 0.480 e. The highest BCUT2D eigenvalue weighted by Gasteiger charge is 2.49. The second kappa shape index (κ2) is 5.04. The van der Waals surface area contributed by atoms with Crippen LogP contribution >= 0.6 is 0 Å². The second-order valence-electron chi connectivity index (χ2n) is 4.93. The summed E-state index contributed by atoms with van der Waals surface area (Å²) in [5, 5.41) is 9.28. The van der Waals surface area contributed by atoms with Crippen LogP contribution < -0.4 is 0 Å². The first-order valence-corrected chi connectivity index (χ1v) is 6.16. The molecule has 2 aliphatic rings. The molecule has 0 aromatic rings. The zero-order valence-corrected chi connectivity index (χ0v) is 10.1. The molecular weight excluding hydrogens is 222 g/mol. The summed E-state index contributed by atoms with van der Waals surface area (Å²) >= 11 is 0. The van der Waals surface area contributed by atoms with Gasteiger partial charge < -0.3 is 14.7 Å². The Hall–Kier alpha value is -1.10. The van der Waals surface area contributed by atoms with E-state index >= 15 is 0 Å². The van der Waals surface area contributed by atoms with Crippen LogP contribution in [0.5, 0.6) is 0 Å². The maximum Gasteiger partial charge on any atom is 0.326 e. The lowest BCUT2D eigenvalue weighted by Gasteiger charge is -2.24. The van der Waals surface area contributed by atoms with Gasteiger partial charge in [-0.2, -0.15) is 0 Å². The van der Waals surface area contributed by atoms with Crippen LogP contribution in [0.25, 0.3) is 0 Å². The van der Waals surface area contributed by atoms with Gasteiger partial charge in [0.25, 0.3) is 0 Å². The number of carboxylic acids is 1. The first kappa shape index (κ1) is 12.4. The lowest BCUT2D eigenvalue weighted by molar-refractivity contribution is -0.150. The van der Waals surface area contributed by atoms with Crippen LogP contribution in [0.15, 0.2) is 0 Å². The molecule has 1 aliphatic heterocycles. The standard InChI is InChI=1S/C12H19NO4/c1-17-6-5-10(14)13-7-8-3-2-4-9(8)11(13)12(15)16/h8-9,11H,2-7H2,1H3,(H,15,16). The third-order valence-corrected chi connectivity index (χ3v) is 3.98. The number of nitrogens with zero attached hydrogens (tertiary/aromatic N) is 1. The number of amides is 1. The van der Waals surface area contributed by atoms with Crippen molar-refractivity contribution in [2.24, 2.45) is 11.8 Å². The lowest BCUT2D eigenvalue weighted by atomic mass is 9.94. The van der Waals surface area contributed by atoms with Crippen LogP contribution in [0.3, 0.4) is 0 Å². The summed E-state index contributed by atoms with van der Waals surface area (Å²) < 4.78 is 4.87. The molecule has 0 aromatic heterocycles. The summed E-state index contributed by atoms with van der Waals surface area (Å²) in [6, 6.07) is -0.605. The van der Waals surface area contributed by atoms with Crippen molar-refractivity contribution in [3.05, 3.63) is 0 Å².